The van der Waals surface area contributed by atoms with Gasteiger partial charge < -0.3 is 14.7 Å². The number of halogens is 1. The van der Waals surface area contributed by atoms with Crippen LogP contribution in [-0.2, 0) is 17.4 Å². The van der Waals surface area contributed by atoms with Crippen LogP contribution in [0.4, 0.5) is 4.79 Å². The van der Waals surface area contributed by atoms with Crippen molar-refractivity contribution in [3.05, 3.63) is 10.3 Å². The molecule has 1 aliphatic rings. The van der Waals surface area contributed by atoms with Crippen LogP contribution in [0.1, 0.15) is 26.5 Å². The Morgan fingerprint density at radius 3 is 2.47 bits per heavy atom. The topological polar surface area (TPSA) is 80.5 Å². The van der Waals surface area contributed by atoms with E-state index in [1.165, 1.54) is 9.58 Å². The number of aliphatic hydroxyl groups is 1. The molecule has 2 rings (SSSR count). The first-order chi connectivity index (χ1) is 8.62. The number of amides is 1. The molecule has 0 atom stereocenters. The van der Waals surface area contributed by atoms with E-state index in [0.29, 0.717) is 10.3 Å². The van der Waals surface area contributed by atoms with Crippen LogP contribution in [0.2, 0.25) is 0 Å². The molecule has 8 heteroatoms. The van der Waals surface area contributed by atoms with Crippen molar-refractivity contribution in [3.63, 3.8) is 0 Å². The third kappa shape index (κ3) is 2.74. The van der Waals surface area contributed by atoms with Crippen LogP contribution in [0.5, 0.6) is 0 Å². The number of aryl methyl sites for hydroxylation is 1. The summed E-state index contributed by atoms with van der Waals surface area (Å²) in [7, 11) is 1.70. The van der Waals surface area contributed by atoms with Crippen molar-refractivity contribution < 1.29 is 14.6 Å². The van der Waals surface area contributed by atoms with Crippen LogP contribution in [0.3, 0.4) is 0 Å². The van der Waals surface area contributed by atoms with E-state index in [9.17, 15) is 9.90 Å². The summed E-state index contributed by atoms with van der Waals surface area (Å²) in [5.41, 5.74) is -1.11. The Balaban J connectivity index is 2.04. The SMILES string of the molecule is Cn1nnc(Br)c1C1(O)CN(C(=O)OC(C)(C)C)C1. The summed E-state index contributed by atoms with van der Waals surface area (Å²) >= 11 is 3.24. The van der Waals surface area contributed by atoms with Crippen LogP contribution in [0, 0.1) is 0 Å². The Hall–Kier alpha value is -1.15. The summed E-state index contributed by atoms with van der Waals surface area (Å²) in [6.45, 7) is 5.75. The first kappa shape index (κ1) is 14.3. The molecule has 1 fully saturated rings. The number of hydrogen-bond donors (Lipinski definition) is 1. The van der Waals surface area contributed by atoms with Crippen molar-refractivity contribution in [2.75, 3.05) is 13.1 Å². The second kappa shape index (κ2) is 4.45. The maximum Gasteiger partial charge on any atom is 0.410 e. The predicted molar refractivity (Wildman–Crippen MR) is 70.4 cm³/mol. The second-order valence-electron chi connectivity index (χ2n) is 5.72. The Labute approximate surface area is 119 Å². The van der Waals surface area contributed by atoms with Crippen molar-refractivity contribution in [3.8, 4) is 0 Å². The van der Waals surface area contributed by atoms with Gasteiger partial charge in [0, 0.05) is 7.05 Å². The predicted octanol–water partition coefficient (Wildman–Crippen LogP) is 1.02. The lowest BCUT2D eigenvalue weighted by Crippen LogP contribution is -2.62. The smallest absolute Gasteiger partial charge is 0.410 e. The maximum absolute atomic E-state index is 11.8. The summed E-state index contributed by atoms with van der Waals surface area (Å²) in [5.74, 6) is 0. The molecule has 7 nitrogen and oxygen atoms in total. The van der Waals surface area contributed by atoms with E-state index in [1.807, 2.05) is 0 Å². The molecule has 0 radical (unpaired) electrons. The summed E-state index contributed by atoms with van der Waals surface area (Å²) in [6.07, 6.45) is -0.427. The van der Waals surface area contributed by atoms with Gasteiger partial charge in [0.25, 0.3) is 0 Å². The van der Waals surface area contributed by atoms with E-state index in [4.69, 9.17) is 4.74 Å². The highest BCUT2D eigenvalue weighted by Crippen LogP contribution is 2.35. The number of carbonyl (C=O) groups excluding carboxylic acids is 1. The summed E-state index contributed by atoms with van der Waals surface area (Å²) in [6, 6.07) is 0. The van der Waals surface area contributed by atoms with Crippen molar-refractivity contribution in [2.24, 2.45) is 7.05 Å². The fraction of sp³-hybridized carbons (Fsp3) is 0.727. The molecule has 2 heterocycles. The van der Waals surface area contributed by atoms with Gasteiger partial charge in [-0.05, 0) is 36.7 Å². The highest BCUT2D eigenvalue weighted by molar-refractivity contribution is 9.10. The van der Waals surface area contributed by atoms with E-state index < -0.39 is 17.3 Å². The molecule has 1 aliphatic heterocycles. The van der Waals surface area contributed by atoms with Gasteiger partial charge >= 0.3 is 6.09 Å². The lowest BCUT2D eigenvalue weighted by molar-refractivity contribution is -0.108. The van der Waals surface area contributed by atoms with Gasteiger partial charge in [-0.2, -0.15) is 0 Å². The van der Waals surface area contributed by atoms with E-state index >= 15 is 0 Å². The number of rotatable bonds is 1. The minimum Gasteiger partial charge on any atom is -0.444 e. The molecular formula is C11H17BrN4O3. The normalized spacial score (nSPS) is 18.1. The molecule has 1 aromatic rings. The lowest BCUT2D eigenvalue weighted by atomic mass is 9.91. The molecule has 1 amide bonds. The molecule has 0 aromatic carbocycles. The first-order valence-electron chi connectivity index (χ1n) is 5.88. The molecule has 0 bridgehead atoms. The fourth-order valence-electron chi connectivity index (χ4n) is 2.02. The number of nitrogens with zero attached hydrogens (tertiary/aromatic N) is 4. The van der Waals surface area contributed by atoms with E-state index in [1.54, 1.807) is 27.8 Å². The second-order valence-corrected chi connectivity index (χ2v) is 6.47. The Morgan fingerprint density at radius 2 is 2.05 bits per heavy atom. The van der Waals surface area contributed by atoms with Gasteiger partial charge in [-0.3, -0.25) is 0 Å². The average Bonchev–Trinajstić information content (AvgIpc) is 2.51. The molecule has 1 N–H and O–H groups in total. The van der Waals surface area contributed by atoms with Gasteiger partial charge in [0.05, 0.1) is 13.1 Å². The number of hydrogen-bond acceptors (Lipinski definition) is 5. The molecule has 1 saturated heterocycles. The Bertz CT molecular complexity index is 483. The minimum atomic E-state index is -1.13. The van der Waals surface area contributed by atoms with E-state index in [0.717, 1.165) is 0 Å². The number of ether oxygens (including phenoxy) is 1. The van der Waals surface area contributed by atoms with E-state index in [2.05, 4.69) is 26.2 Å². The Morgan fingerprint density at radius 1 is 1.47 bits per heavy atom. The monoisotopic (exact) mass is 332 g/mol. The standard InChI is InChI=1S/C11H17BrN4O3/c1-10(2,3)19-9(17)16-5-11(18,6-16)7-8(12)13-14-15(7)4/h18H,5-6H2,1-4H3. The van der Waals surface area contributed by atoms with Gasteiger partial charge in [0.1, 0.15) is 16.9 Å². The lowest BCUT2D eigenvalue weighted by Gasteiger charge is -2.45. The molecule has 0 aliphatic carbocycles. The van der Waals surface area contributed by atoms with Crippen molar-refractivity contribution >= 4 is 22.0 Å². The van der Waals surface area contributed by atoms with E-state index in [-0.39, 0.29) is 13.1 Å². The minimum absolute atomic E-state index is 0.168. The number of likely N-dealkylation sites (tertiary alicyclic amines) is 1. The zero-order chi connectivity index (χ0) is 14.4. The van der Waals surface area contributed by atoms with Crippen LogP contribution < -0.4 is 0 Å². The van der Waals surface area contributed by atoms with Crippen LogP contribution in [0.25, 0.3) is 0 Å². The largest absolute Gasteiger partial charge is 0.444 e. The van der Waals surface area contributed by atoms with Crippen molar-refractivity contribution in [1.29, 1.82) is 0 Å². The third-order valence-corrected chi connectivity index (χ3v) is 3.32. The van der Waals surface area contributed by atoms with Gasteiger partial charge in [-0.15, -0.1) is 5.10 Å². The number of carbonyl (C=O) groups is 1. The molecule has 0 spiro atoms. The number of aromatic nitrogens is 3. The Kier molecular flexibility index (Phi) is 3.34. The van der Waals surface area contributed by atoms with Crippen LogP contribution >= 0.6 is 15.9 Å². The molecule has 0 unspecified atom stereocenters. The van der Waals surface area contributed by atoms with Gasteiger partial charge in [-0.1, -0.05) is 5.21 Å². The highest BCUT2D eigenvalue weighted by Gasteiger charge is 2.49. The van der Waals surface area contributed by atoms with Gasteiger partial charge in [0.15, 0.2) is 4.60 Å². The summed E-state index contributed by atoms with van der Waals surface area (Å²) in [5, 5.41) is 18.1. The van der Waals surface area contributed by atoms with Crippen molar-refractivity contribution in [1.82, 2.24) is 19.9 Å². The van der Waals surface area contributed by atoms with Gasteiger partial charge in [-0.25, -0.2) is 9.48 Å². The molecule has 1 aromatic heterocycles. The van der Waals surface area contributed by atoms with Crippen molar-refractivity contribution in [2.45, 2.75) is 32.0 Å². The quantitative estimate of drug-likeness (QED) is 0.830. The zero-order valence-electron chi connectivity index (χ0n) is 11.3. The number of β-amino-alcohol motifs (C(OH)–C–C–N with tert-alkyl or cyclic N) is 1. The summed E-state index contributed by atoms with van der Waals surface area (Å²) < 4.78 is 7.22. The molecular weight excluding hydrogens is 316 g/mol. The summed E-state index contributed by atoms with van der Waals surface area (Å²) in [4.78, 5) is 13.3. The zero-order valence-corrected chi connectivity index (χ0v) is 12.9. The molecule has 19 heavy (non-hydrogen) atoms. The fourth-order valence-corrected chi connectivity index (χ4v) is 2.71. The molecule has 106 valence electrons. The van der Waals surface area contributed by atoms with Gasteiger partial charge in [0.2, 0.25) is 0 Å². The third-order valence-electron chi connectivity index (χ3n) is 2.78. The van der Waals surface area contributed by atoms with Crippen LogP contribution in [-0.4, -0.2) is 49.8 Å². The molecule has 0 saturated carbocycles. The maximum atomic E-state index is 11.8. The average molecular weight is 333 g/mol. The first-order valence-corrected chi connectivity index (χ1v) is 6.68. The van der Waals surface area contributed by atoms with Crippen LogP contribution in [0.15, 0.2) is 4.60 Å². The highest BCUT2D eigenvalue weighted by atomic mass is 79.9.